The van der Waals surface area contributed by atoms with Gasteiger partial charge >= 0.3 is 0 Å². The third-order valence-electron chi connectivity index (χ3n) is 7.15. The molecule has 0 bridgehead atoms. The SMILES string of the molecule is CC(C)(F)C1CNCC(Nc2nccc(-c3cccnc3Oc3cc(F)c(NS(=O)(=O)Cc4ccccc4)c(F)c3F)n2)C1.Cl. The van der Waals surface area contributed by atoms with Crippen LogP contribution in [0.4, 0.5) is 29.2 Å². The molecule has 1 aliphatic rings. The molecule has 3 N–H and O–H groups in total. The van der Waals surface area contributed by atoms with Gasteiger partial charge in [0.2, 0.25) is 27.7 Å². The van der Waals surface area contributed by atoms with Gasteiger partial charge in [-0.15, -0.1) is 12.4 Å². The van der Waals surface area contributed by atoms with Crippen molar-refractivity contribution in [3.8, 4) is 22.9 Å². The van der Waals surface area contributed by atoms with E-state index in [-0.39, 0.29) is 41.8 Å². The standard InChI is InChI=1S/C30H30F4N6O3S.ClH/c1-30(2,34)19-13-20(16-35-15-19)38-29-37-12-10-23(39-29)21-9-6-11-36-28(21)43-24-14-22(31)27(26(33)25(24)32)40-44(41,42)17-18-7-4-3-5-8-18;/h3-12,14,19-20,35,40H,13,15-17H2,1-2H3,(H,37,38,39);1H. The van der Waals surface area contributed by atoms with Gasteiger partial charge in [-0.3, -0.25) is 4.72 Å². The van der Waals surface area contributed by atoms with Crippen molar-refractivity contribution in [1.82, 2.24) is 20.3 Å². The molecule has 0 saturated carbocycles. The fourth-order valence-corrected chi connectivity index (χ4v) is 6.03. The Kier molecular flexibility index (Phi) is 10.5. The molecule has 3 heterocycles. The second kappa shape index (κ2) is 14.0. The number of hydrogen-bond acceptors (Lipinski definition) is 8. The van der Waals surface area contributed by atoms with E-state index >= 15 is 4.39 Å². The van der Waals surface area contributed by atoms with Gasteiger partial charge < -0.3 is 15.4 Å². The molecule has 4 aromatic rings. The van der Waals surface area contributed by atoms with E-state index in [4.69, 9.17) is 4.74 Å². The highest BCUT2D eigenvalue weighted by atomic mass is 35.5. The lowest BCUT2D eigenvalue weighted by atomic mass is 9.84. The third-order valence-corrected chi connectivity index (χ3v) is 8.37. The van der Waals surface area contributed by atoms with Gasteiger partial charge in [0.15, 0.2) is 17.4 Å². The minimum absolute atomic E-state index is 0. The first-order chi connectivity index (χ1) is 20.9. The summed E-state index contributed by atoms with van der Waals surface area (Å²) < 4.78 is 91.9. The van der Waals surface area contributed by atoms with Crippen LogP contribution in [0.1, 0.15) is 25.8 Å². The van der Waals surface area contributed by atoms with Gasteiger partial charge in [-0.1, -0.05) is 30.3 Å². The minimum atomic E-state index is -4.28. The summed E-state index contributed by atoms with van der Waals surface area (Å²) in [6, 6.07) is 13.0. The van der Waals surface area contributed by atoms with Crippen molar-refractivity contribution in [2.24, 2.45) is 5.92 Å². The molecular weight excluding hydrogens is 636 g/mol. The van der Waals surface area contributed by atoms with Gasteiger partial charge in [-0.2, -0.15) is 4.39 Å². The summed E-state index contributed by atoms with van der Waals surface area (Å²) in [6.45, 7) is 4.22. The first-order valence-electron chi connectivity index (χ1n) is 13.7. The first kappa shape index (κ1) is 33.9. The van der Waals surface area contributed by atoms with E-state index in [0.717, 1.165) is 0 Å². The number of nitrogens with zero attached hydrogens (tertiary/aromatic N) is 3. The largest absolute Gasteiger partial charge is 0.435 e. The van der Waals surface area contributed by atoms with Crippen LogP contribution in [-0.4, -0.2) is 48.2 Å². The first-order valence-corrected chi connectivity index (χ1v) is 15.4. The zero-order chi connectivity index (χ0) is 31.5. The Morgan fingerprint density at radius 3 is 2.49 bits per heavy atom. The molecule has 1 saturated heterocycles. The van der Waals surface area contributed by atoms with Crippen molar-refractivity contribution in [1.29, 1.82) is 0 Å². The summed E-state index contributed by atoms with van der Waals surface area (Å²) >= 11 is 0. The maximum absolute atomic E-state index is 15.1. The quantitative estimate of drug-likeness (QED) is 0.134. The number of anilines is 2. The molecule has 5 rings (SSSR count). The maximum atomic E-state index is 15.1. The summed E-state index contributed by atoms with van der Waals surface area (Å²) in [5.74, 6) is -6.41. The predicted molar refractivity (Wildman–Crippen MR) is 165 cm³/mol. The number of pyridine rings is 1. The van der Waals surface area contributed by atoms with Gasteiger partial charge in [-0.05, 0) is 44.0 Å². The molecule has 2 unspecified atom stereocenters. The minimum Gasteiger partial charge on any atom is -0.435 e. The zero-order valence-corrected chi connectivity index (χ0v) is 25.9. The van der Waals surface area contributed by atoms with Crippen LogP contribution >= 0.6 is 12.4 Å². The van der Waals surface area contributed by atoms with Gasteiger partial charge in [0, 0.05) is 43.5 Å². The number of sulfonamides is 1. The molecule has 0 aliphatic carbocycles. The van der Waals surface area contributed by atoms with Crippen LogP contribution in [0.5, 0.6) is 11.6 Å². The predicted octanol–water partition coefficient (Wildman–Crippen LogP) is 6.25. The van der Waals surface area contributed by atoms with E-state index in [2.05, 4.69) is 25.6 Å². The van der Waals surface area contributed by atoms with Crippen molar-refractivity contribution >= 4 is 34.1 Å². The monoisotopic (exact) mass is 666 g/mol. The molecule has 0 radical (unpaired) electrons. The lowest BCUT2D eigenvalue weighted by Gasteiger charge is -2.35. The molecule has 2 atom stereocenters. The lowest BCUT2D eigenvalue weighted by Crippen LogP contribution is -2.48. The Labute approximate surface area is 264 Å². The number of piperidine rings is 1. The topological polar surface area (TPSA) is 118 Å². The van der Waals surface area contributed by atoms with Gasteiger partial charge in [0.05, 0.1) is 17.0 Å². The highest BCUT2D eigenvalue weighted by Crippen LogP contribution is 2.36. The number of nitrogens with one attached hydrogen (secondary N) is 3. The number of ether oxygens (including phenoxy) is 1. The van der Waals surface area contributed by atoms with Crippen LogP contribution in [-0.2, 0) is 15.8 Å². The summed E-state index contributed by atoms with van der Waals surface area (Å²) in [5.41, 5.74) is -1.60. The van der Waals surface area contributed by atoms with Crippen LogP contribution < -0.4 is 20.1 Å². The van der Waals surface area contributed by atoms with Crippen LogP contribution in [0, 0.1) is 23.4 Å². The van der Waals surface area contributed by atoms with Crippen LogP contribution in [0.15, 0.2) is 67.0 Å². The number of hydrogen-bond donors (Lipinski definition) is 3. The Morgan fingerprint density at radius 1 is 1.00 bits per heavy atom. The molecule has 0 spiro atoms. The van der Waals surface area contributed by atoms with Crippen molar-refractivity contribution in [2.75, 3.05) is 23.1 Å². The molecule has 1 aliphatic heterocycles. The number of rotatable bonds is 10. The van der Waals surface area contributed by atoms with E-state index in [9.17, 15) is 21.6 Å². The number of benzene rings is 2. The maximum Gasteiger partial charge on any atom is 0.237 e. The normalized spacial score (nSPS) is 16.8. The van der Waals surface area contributed by atoms with Gasteiger partial charge in [-0.25, -0.2) is 36.5 Å². The number of aromatic nitrogens is 3. The number of halogens is 5. The van der Waals surface area contributed by atoms with Crippen LogP contribution in [0.3, 0.4) is 0 Å². The molecule has 0 amide bonds. The van der Waals surface area contributed by atoms with Crippen LogP contribution in [0.2, 0.25) is 0 Å². The Hall–Kier alpha value is -4.01. The average molecular weight is 667 g/mol. The van der Waals surface area contributed by atoms with Crippen molar-refractivity contribution in [2.45, 2.75) is 37.7 Å². The highest BCUT2D eigenvalue weighted by molar-refractivity contribution is 7.91. The van der Waals surface area contributed by atoms with E-state index in [1.165, 1.54) is 24.5 Å². The van der Waals surface area contributed by atoms with Crippen molar-refractivity contribution in [3.05, 3.63) is 90.0 Å². The number of alkyl halides is 1. The fourth-order valence-electron chi connectivity index (χ4n) is 4.83. The Bertz CT molecular complexity index is 1750. The lowest BCUT2D eigenvalue weighted by molar-refractivity contribution is 0.0993. The summed E-state index contributed by atoms with van der Waals surface area (Å²) in [7, 11) is -4.28. The summed E-state index contributed by atoms with van der Waals surface area (Å²) in [6.07, 6.45) is 3.37. The van der Waals surface area contributed by atoms with Crippen LogP contribution in [0.25, 0.3) is 11.3 Å². The second-order valence-electron chi connectivity index (χ2n) is 10.9. The van der Waals surface area contributed by atoms with E-state index in [1.807, 2.05) is 0 Å². The van der Waals surface area contributed by atoms with E-state index in [0.29, 0.717) is 36.8 Å². The Balaban J connectivity index is 0.00000461. The summed E-state index contributed by atoms with van der Waals surface area (Å²) in [4.78, 5) is 12.8. The highest BCUT2D eigenvalue weighted by Gasteiger charge is 2.34. The average Bonchev–Trinajstić information content (AvgIpc) is 2.98. The molecule has 15 heteroatoms. The van der Waals surface area contributed by atoms with Gasteiger partial charge in [0.25, 0.3) is 0 Å². The Morgan fingerprint density at radius 2 is 1.76 bits per heavy atom. The molecule has 9 nitrogen and oxygen atoms in total. The second-order valence-corrected chi connectivity index (χ2v) is 12.6. The van der Waals surface area contributed by atoms with Crippen molar-refractivity contribution in [3.63, 3.8) is 0 Å². The third kappa shape index (κ3) is 8.38. The van der Waals surface area contributed by atoms with Crippen molar-refractivity contribution < 1.29 is 30.7 Å². The molecule has 1 fully saturated rings. The van der Waals surface area contributed by atoms with Gasteiger partial charge in [0.1, 0.15) is 11.4 Å². The molecule has 45 heavy (non-hydrogen) atoms. The molecule has 2 aromatic heterocycles. The van der Waals surface area contributed by atoms with E-state index in [1.54, 1.807) is 55.0 Å². The van der Waals surface area contributed by atoms with E-state index < -0.39 is 50.3 Å². The fraction of sp³-hybridized carbons (Fsp3) is 0.300. The summed E-state index contributed by atoms with van der Waals surface area (Å²) in [5, 5.41) is 6.41. The molecule has 2 aromatic carbocycles. The molecular formula is C30H31ClF4N6O3S. The smallest absolute Gasteiger partial charge is 0.237 e. The zero-order valence-electron chi connectivity index (χ0n) is 24.2. The molecule has 240 valence electrons.